The highest BCUT2D eigenvalue weighted by Crippen LogP contribution is 2.49. The topological polar surface area (TPSA) is 218 Å². The maximum absolute atomic E-state index is 12.9. The molecule has 0 unspecified atom stereocenters. The molecule has 0 spiro atoms. The summed E-state index contributed by atoms with van der Waals surface area (Å²) >= 11 is 0. The minimum atomic E-state index is -0.601. The largest absolute Gasteiger partial charge is 0.462 e. The Kier molecular flexibility index (Phi) is 25.3. The van der Waals surface area contributed by atoms with E-state index < -0.39 is 34.6 Å². The van der Waals surface area contributed by atoms with Crippen LogP contribution in [0.1, 0.15) is 219 Å². The number of rotatable bonds is 18. The van der Waals surface area contributed by atoms with E-state index in [1.165, 1.54) is 16.7 Å². The van der Waals surface area contributed by atoms with Crippen molar-refractivity contribution in [1.29, 1.82) is 0 Å². The van der Waals surface area contributed by atoms with Crippen molar-refractivity contribution in [3.05, 3.63) is 71.4 Å². The van der Waals surface area contributed by atoms with Gasteiger partial charge in [-0.25, -0.2) is 0 Å². The van der Waals surface area contributed by atoms with Gasteiger partial charge in [0.2, 0.25) is 0 Å². The fraction of sp³-hybridized carbons (Fsp3) is 0.760. The van der Waals surface area contributed by atoms with Gasteiger partial charge in [-0.15, -0.1) is 0 Å². The number of esters is 6. The summed E-state index contributed by atoms with van der Waals surface area (Å²) in [4.78, 5) is 73.7. The zero-order chi connectivity index (χ0) is 66.2. The molecule has 0 aromatic heterocycles. The van der Waals surface area contributed by atoms with Crippen LogP contribution in [0.4, 0.5) is 0 Å². The fourth-order valence-electron chi connectivity index (χ4n) is 15.2. The molecule has 90 heavy (non-hydrogen) atoms. The van der Waals surface area contributed by atoms with Gasteiger partial charge < -0.3 is 43.7 Å². The minimum absolute atomic E-state index is 0.0949. The Morgan fingerprint density at radius 1 is 0.422 bits per heavy atom. The van der Waals surface area contributed by atoms with Crippen LogP contribution in [-0.2, 0) is 57.2 Å². The number of hydrogen-bond donors (Lipinski definition) is 3. The van der Waals surface area contributed by atoms with Gasteiger partial charge in [-0.1, -0.05) is 117 Å². The number of cyclic esters (lactones) is 3. The smallest absolute Gasteiger partial charge is 0.311 e. The quantitative estimate of drug-likeness (QED) is 0.0859. The highest BCUT2D eigenvalue weighted by Gasteiger charge is 2.47. The molecule has 6 aliphatic carbocycles. The molecule has 0 radical (unpaired) electrons. The molecule has 0 bridgehead atoms. The zero-order valence-corrected chi connectivity index (χ0v) is 57.3. The van der Waals surface area contributed by atoms with Crippen molar-refractivity contribution in [2.45, 2.75) is 274 Å². The third kappa shape index (κ3) is 18.9. The first-order valence-electron chi connectivity index (χ1n) is 34.8. The first kappa shape index (κ1) is 72.6. The molecule has 3 fully saturated rings. The van der Waals surface area contributed by atoms with Crippen LogP contribution in [0.3, 0.4) is 0 Å². The Balaban J connectivity index is 0.000000192. The van der Waals surface area contributed by atoms with Crippen molar-refractivity contribution in [2.75, 3.05) is 0 Å². The van der Waals surface area contributed by atoms with Gasteiger partial charge in [-0.2, -0.15) is 0 Å². The Morgan fingerprint density at radius 2 is 0.667 bits per heavy atom. The molecule has 9 aliphatic rings. The van der Waals surface area contributed by atoms with E-state index in [9.17, 15) is 44.1 Å². The van der Waals surface area contributed by atoms with E-state index in [1.54, 1.807) is 0 Å². The molecule has 504 valence electrons. The van der Waals surface area contributed by atoms with Crippen LogP contribution >= 0.6 is 0 Å². The number of aliphatic hydroxyl groups is 3. The SMILES string of the molecule is CCC(C)(C)C(=O)O[C@H]1C[C@@H](C)C=C2C=C[C@H](C)[C@H](CC[C@@H]3C[C@@H](O)CC(=O)O3)[C@H]21.CCC(C)(C)C(=O)O[C@H]1C[C@@H](C)C=C2C=C[C@H](C)[C@H](CC[C@@H]3C[C@@H](O)CC(=O)O3)[C@H]21.CCC(C)(C)C(=O)O[C@H]1C[C@@H](C)C=C2C=C[C@H](C)[C@H](CC[C@@H]3C[C@@H](O)CC(=O)O3)[C@H]21. The minimum Gasteiger partial charge on any atom is -0.462 e. The number of hydrogen-bond acceptors (Lipinski definition) is 15. The lowest BCUT2D eigenvalue weighted by Gasteiger charge is -2.44. The normalized spacial score (nSPS) is 36.5. The van der Waals surface area contributed by atoms with E-state index in [4.69, 9.17) is 28.4 Å². The molecular formula is C75H114O15. The number of fused-ring (bicyclic) bond motifs is 3. The predicted octanol–water partition coefficient (Wildman–Crippen LogP) is 13.8. The molecule has 0 aromatic rings. The van der Waals surface area contributed by atoms with Gasteiger partial charge in [0.1, 0.15) is 36.6 Å². The number of carbonyl (C=O) groups is 6. The van der Waals surface area contributed by atoms with E-state index in [2.05, 4.69) is 96.2 Å². The van der Waals surface area contributed by atoms with Crippen LogP contribution in [0.15, 0.2) is 71.4 Å². The lowest BCUT2D eigenvalue weighted by Crippen LogP contribution is -2.43. The number of carbonyl (C=O) groups excluding carboxylic acids is 6. The van der Waals surface area contributed by atoms with Gasteiger partial charge >= 0.3 is 35.8 Å². The van der Waals surface area contributed by atoms with Crippen LogP contribution in [-0.4, -0.2) is 106 Å². The maximum atomic E-state index is 12.9. The third-order valence-electron chi connectivity index (χ3n) is 22.0. The van der Waals surface area contributed by atoms with Gasteiger partial charge in [0.05, 0.1) is 53.8 Å². The second-order valence-corrected chi connectivity index (χ2v) is 30.8. The molecular weight excluding hydrogens is 1140 g/mol. The van der Waals surface area contributed by atoms with Gasteiger partial charge in [-0.05, 0) is 189 Å². The van der Waals surface area contributed by atoms with E-state index in [0.29, 0.717) is 72.5 Å². The summed E-state index contributed by atoms with van der Waals surface area (Å²) in [5.41, 5.74) is 2.35. The Hall–Kier alpha value is -4.86. The second kappa shape index (κ2) is 31.4. The monoisotopic (exact) mass is 1250 g/mol. The summed E-state index contributed by atoms with van der Waals surface area (Å²) in [6.07, 6.45) is 28.8. The fourth-order valence-corrected chi connectivity index (χ4v) is 15.2. The van der Waals surface area contributed by atoms with Crippen LogP contribution in [0.5, 0.6) is 0 Å². The lowest BCUT2D eigenvalue weighted by atomic mass is 9.65. The summed E-state index contributed by atoms with van der Waals surface area (Å²) < 4.78 is 34.9. The summed E-state index contributed by atoms with van der Waals surface area (Å²) in [7, 11) is 0. The highest BCUT2D eigenvalue weighted by atomic mass is 16.6. The van der Waals surface area contributed by atoms with Crippen molar-refractivity contribution in [1.82, 2.24) is 0 Å². The molecule has 3 N–H and O–H groups in total. The second-order valence-electron chi connectivity index (χ2n) is 30.8. The van der Waals surface area contributed by atoms with Gasteiger partial charge in [0.15, 0.2) is 0 Å². The molecule has 3 aliphatic heterocycles. The van der Waals surface area contributed by atoms with Gasteiger partial charge in [0.25, 0.3) is 0 Å². The van der Waals surface area contributed by atoms with Crippen molar-refractivity contribution in [2.24, 2.45) is 87.3 Å². The Bertz CT molecular complexity index is 2400. The molecule has 0 aromatic carbocycles. The summed E-state index contributed by atoms with van der Waals surface area (Å²) in [6, 6.07) is 0. The maximum Gasteiger partial charge on any atom is 0.311 e. The van der Waals surface area contributed by atoms with E-state index in [-0.39, 0.29) is 109 Å². The average molecular weight is 1260 g/mol. The first-order chi connectivity index (χ1) is 42.3. The Labute approximate surface area is 539 Å². The molecule has 21 atom stereocenters. The molecule has 15 nitrogen and oxygen atoms in total. The van der Waals surface area contributed by atoms with Crippen molar-refractivity contribution < 1.29 is 72.5 Å². The zero-order valence-electron chi connectivity index (χ0n) is 57.3. The lowest BCUT2D eigenvalue weighted by molar-refractivity contribution is -0.166. The standard InChI is InChI=1S/3C25H38O5/c3*1-6-25(4,5)24(28)30-21-12-15(2)11-17-8-7-16(3)20(23(17)21)10-9-19-13-18(26)14-22(27)29-19/h3*7-8,11,15-16,18-21,23,26H,6,9-10,12-14H2,1-5H3/t3*15-,16-,18+,19+,20-,21-,23-/m000/s1. The van der Waals surface area contributed by atoms with Crippen LogP contribution < -0.4 is 0 Å². The van der Waals surface area contributed by atoms with E-state index in [0.717, 1.165) is 77.0 Å². The summed E-state index contributed by atoms with van der Waals surface area (Å²) in [5.74, 6) is 2.33. The van der Waals surface area contributed by atoms with E-state index >= 15 is 0 Å². The van der Waals surface area contributed by atoms with Crippen LogP contribution in [0.25, 0.3) is 0 Å². The number of aliphatic hydroxyl groups excluding tert-OH is 3. The summed E-state index contributed by atoms with van der Waals surface area (Å²) in [5, 5.41) is 29.8. The van der Waals surface area contributed by atoms with Crippen LogP contribution in [0, 0.1) is 87.3 Å². The van der Waals surface area contributed by atoms with E-state index in [1.807, 2.05) is 62.3 Å². The van der Waals surface area contributed by atoms with Crippen LogP contribution in [0.2, 0.25) is 0 Å². The highest BCUT2D eigenvalue weighted by molar-refractivity contribution is 5.77. The van der Waals surface area contributed by atoms with Crippen molar-refractivity contribution in [3.63, 3.8) is 0 Å². The predicted molar refractivity (Wildman–Crippen MR) is 346 cm³/mol. The number of ether oxygens (including phenoxy) is 6. The molecule has 0 amide bonds. The molecule has 15 heteroatoms. The van der Waals surface area contributed by atoms with Gasteiger partial charge in [-0.3, -0.25) is 28.8 Å². The molecule has 3 heterocycles. The summed E-state index contributed by atoms with van der Waals surface area (Å²) in [6.45, 7) is 30.9. The molecule has 9 rings (SSSR count). The average Bonchev–Trinajstić information content (AvgIpc) is 0.819. The molecule has 3 saturated heterocycles. The van der Waals surface area contributed by atoms with Crippen molar-refractivity contribution in [3.8, 4) is 0 Å². The third-order valence-corrected chi connectivity index (χ3v) is 22.0. The van der Waals surface area contributed by atoms with Crippen molar-refractivity contribution >= 4 is 35.8 Å². The Morgan fingerprint density at radius 3 is 0.889 bits per heavy atom. The molecule has 0 saturated carbocycles. The van der Waals surface area contributed by atoms with Gasteiger partial charge in [0, 0.05) is 37.0 Å². The number of allylic oxidation sites excluding steroid dienone is 9. The first-order valence-corrected chi connectivity index (χ1v) is 34.8.